The topological polar surface area (TPSA) is 71.7 Å². The van der Waals surface area contributed by atoms with E-state index in [0.29, 0.717) is 12.0 Å². The van der Waals surface area contributed by atoms with Crippen LogP contribution in [0.15, 0.2) is 4.99 Å². The quantitative estimate of drug-likeness (QED) is 0.174. The first-order valence-electron chi connectivity index (χ1n) is 7.02. The van der Waals surface area contributed by atoms with Crippen LogP contribution in [-0.4, -0.2) is 32.3 Å². The van der Waals surface area contributed by atoms with Crippen LogP contribution in [0.2, 0.25) is 0 Å². The van der Waals surface area contributed by atoms with Crippen molar-refractivity contribution in [3.63, 3.8) is 0 Å². The van der Waals surface area contributed by atoms with Crippen molar-refractivity contribution in [3.8, 4) is 0 Å². The van der Waals surface area contributed by atoms with Crippen LogP contribution in [0.4, 0.5) is 0 Å². The Balaban J connectivity index is 2.32. The predicted molar refractivity (Wildman–Crippen MR) is 75.3 cm³/mol. The number of rotatable bonds is 5. The molecular formula is C13H28N4O. The molecule has 0 saturated heterocycles. The minimum atomic E-state index is 0.507. The van der Waals surface area contributed by atoms with E-state index in [2.05, 4.69) is 22.7 Å². The number of hydrazine groups is 1. The Labute approximate surface area is 111 Å². The molecule has 0 aromatic carbocycles. The Kier molecular flexibility index (Phi) is 7.76. The number of nitrogens with two attached hydrogens (primary N) is 1. The molecular weight excluding hydrogens is 228 g/mol. The standard InChI is InChI=1S/C13H28N4O/c1-11-5-3-6-12(8-7-11)16-13(17-14)15-9-4-10-18-2/h11-12H,3-10,14H2,1-2H3,(H2,15,16,17). The van der Waals surface area contributed by atoms with Crippen LogP contribution in [-0.2, 0) is 4.74 Å². The summed E-state index contributed by atoms with van der Waals surface area (Å²) in [5.41, 5.74) is 2.66. The normalized spacial score (nSPS) is 25.6. The molecule has 18 heavy (non-hydrogen) atoms. The summed E-state index contributed by atoms with van der Waals surface area (Å²) in [6.45, 7) is 3.81. The predicted octanol–water partition coefficient (Wildman–Crippen LogP) is 1.40. The second-order valence-corrected chi connectivity index (χ2v) is 5.18. The Morgan fingerprint density at radius 2 is 2.17 bits per heavy atom. The van der Waals surface area contributed by atoms with Gasteiger partial charge in [-0.05, 0) is 31.6 Å². The van der Waals surface area contributed by atoms with Gasteiger partial charge in [0.2, 0.25) is 5.96 Å². The Morgan fingerprint density at radius 1 is 1.33 bits per heavy atom. The number of hydrogen-bond donors (Lipinski definition) is 3. The summed E-state index contributed by atoms with van der Waals surface area (Å²) >= 11 is 0. The molecule has 1 aliphatic carbocycles. The van der Waals surface area contributed by atoms with Gasteiger partial charge in [-0.2, -0.15) is 0 Å². The van der Waals surface area contributed by atoms with Crippen molar-refractivity contribution >= 4 is 5.96 Å². The van der Waals surface area contributed by atoms with E-state index in [1.165, 1.54) is 32.1 Å². The van der Waals surface area contributed by atoms with E-state index < -0.39 is 0 Å². The third kappa shape index (κ3) is 6.21. The lowest BCUT2D eigenvalue weighted by atomic mass is 10.0. The van der Waals surface area contributed by atoms with Crippen molar-refractivity contribution in [2.45, 2.75) is 51.5 Å². The molecule has 0 heterocycles. The van der Waals surface area contributed by atoms with Crippen molar-refractivity contribution < 1.29 is 4.74 Å². The van der Waals surface area contributed by atoms with Crippen LogP contribution in [0.5, 0.6) is 0 Å². The van der Waals surface area contributed by atoms with Crippen LogP contribution >= 0.6 is 0 Å². The number of hydrogen-bond acceptors (Lipinski definition) is 3. The van der Waals surface area contributed by atoms with Gasteiger partial charge < -0.3 is 10.1 Å². The molecule has 0 radical (unpaired) electrons. The third-order valence-electron chi connectivity index (χ3n) is 3.51. The fourth-order valence-corrected chi connectivity index (χ4v) is 2.36. The highest BCUT2D eigenvalue weighted by Crippen LogP contribution is 2.22. The molecule has 5 heteroatoms. The molecule has 0 spiro atoms. The lowest BCUT2D eigenvalue weighted by molar-refractivity contribution is 0.197. The molecule has 0 aromatic heterocycles. The Bertz CT molecular complexity index is 245. The number of aliphatic imine (C=N–C) groups is 1. The van der Waals surface area contributed by atoms with E-state index in [-0.39, 0.29) is 0 Å². The highest BCUT2D eigenvalue weighted by molar-refractivity contribution is 5.79. The SMILES string of the molecule is COCCCN=C(NN)NC1CCCC(C)CC1. The maximum atomic E-state index is 5.50. The molecule has 2 atom stereocenters. The largest absolute Gasteiger partial charge is 0.385 e. The molecule has 1 fully saturated rings. The molecule has 1 saturated carbocycles. The van der Waals surface area contributed by atoms with Crippen LogP contribution < -0.4 is 16.6 Å². The van der Waals surface area contributed by atoms with Crippen molar-refractivity contribution in [1.82, 2.24) is 10.7 Å². The Morgan fingerprint density at radius 3 is 2.89 bits per heavy atom. The average Bonchev–Trinajstić information content (AvgIpc) is 2.58. The Hall–Kier alpha value is -0.810. The molecule has 0 aromatic rings. The van der Waals surface area contributed by atoms with Gasteiger partial charge in [0.1, 0.15) is 0 Å². The summed E-state index contributed by atoms with van der Waals surface area (Å²) in [4.78, 5) is 4.41. The van der Waals surface area contributed by atoms with Crippen LogP contribution in [0.25, 0.3) is 0 Å². The maximum Gasteiger partial charge on any atom is 0.205 e. The fourth-order valence-electron chi connectivity index (χ4n) is 2.36. The third-order valence-corrected chi connectivity index (χ3v) is 3.51. The van der Waals surface area contributed by atoms with E-state index >= 15 is 0 Å². The second kappa shape index (κ2) is 9.16. The summed E-state index contributed by atoms with van der Waals surface area (Å²) in [6.07, 6.45) is 7.27. The molecule has 5 nitrogen and oxygen atoms in total. The number of nitrogens with zero attached hydrogens (tertiary/aromatic N) is 1. The van der Waals surface area contributed by atoms with Gasteiger partial charge in [-0.3, -0.25) is 10.4 Å². The minimum absolute atomic E-state index is 0.507. The highest BCUT2D eigenvalue weighted by atomic mass is 16.5. The number of nitrogens with one attached hydrogen (secondary N) is 2. The molecule has 0 amide bonds. The highest BCUT2D eigenvalue weighted by Gasteiger charge is 2.16. The maximum absolute atomic E-state index is 5.50. The molecule has 1 rings (SSSR count). The van der Waals surface area contributed by atoms with Crippen LogP contribution in [0.1, 0.15) is 45.4 Å². The molecule has 2 unspecified atom stereocenters. The lowest BCUT2D eigenvalue weighted by Crippen LogP contribution is -2.46. The number of ether oxygens (including phenoxy) is 1. The van der Waals surface area contributed by atoms with Gasteiger partial charge >= 0.3 is 0 Å². The first-order chi connectivity index (χ1) is 8.76. The zero-order chi connectivity index (χ0) is 13.2. The number of methoxy groups -OCH3 is 1. The van der Waals surface area contributed by atoms with Gasteiger partial charge in [0.25, 0.3) is 0 Å². The van der Waals surface area contributed by atoms with Crippen LogP contribution in [0.3, 0.4) is 0 Å². The zero-order valence-electron chi connectivity index (χ0n) is 11.7. The van der Waals surface area contributed by atoms with Crippen molar-refractivity contribution in [2.75, 3.05) is 20.3 Å². The van der Waals surface area contributed by atoms with Gasteiger partial charge in [0.05, 0.1) is 0 Å². The van der Waals surface area contributed by atoms with Crippen molar-refractivity contribution in [3.05, 3.63) is 0 Å². The van der Waals surface area contributed by atoms with E-state index in [4.69, 9.17) is 10.6 Å². The molecule has 0 aliphatic heterocycles. The summed E-state index contributed by atoms with van der Waals surface area (Å²) < 4.78 is 4.99. The van der Waals surface area contributed by atoms with Gasteiger partial charge in [-0.25, -0.2) is 5.84 Å². The monoisotopic (exact) mass is 256 g/mol. The van der Waals surface area contributed by atoms with Gasteiger partial charge in [0.15, 0.2) is 0 Å². The first kappa shape index (κ1) is 15.2. The van der Waals surface area contributed by atoms with E-state index in [1.54, 1.807) is 7.11 Å². The smallest absolute Gasteiger partial charge is 0.205 e. The average molecular weight is 256 g/mol. The van der Waals surface area contributed by atoms with Gasteiger partial charge in [-0.1, -0.05) is 19.8 Å². The molecule has 1 aliphatic rings. The van der Waals surface area contributed by atoms with Gasteiger partial charge in [-0.15, -0.1) is 0 Å². The van der Waals surface area contributed by atoms with Crippen molar-refractivity contribution in [1.29, 1.82) is 0 Å². The first-order valence-corrected chi connectivity index (χ1v) is 7.02. The van der Waals surface area contributed by atoms with E-state index in [0.717, 1.165) is 25.5 Å². The van der Waals surface area contributed by atoms with Gasteiger partial charge in [0, 0.05) is 26.3 Å². The summed E-state index contributed by atoms with van der Waals surface area (Å²) in [6, 6.07) is 0.507. The van der Waals surface area contributed by atoms with Crippen molar-refractivity contribution in [2.24, 2.45) is 16.8 Å². The summed E-state index contributed by atoms with van der Waals surface area (Å²) in [5, 5.41) is 3.42. The van der Waals surface area contributed by atoms with Crippen LogP contribution in [0, 0.1) is 5.92 Å². The zero-order valence-corrected chi connectivity index (χ0v) is 11.7. The number of guanidine groups is 1. The summed E-state index contributed by atoms with van der Waals surface area (Å²) in [5.74, 6) is 7.06. The summed E-state index contributed by atoms with van der Waals surface area (Å²) in [7, 11) is 1.71. The molecule has 0 bridgehead atoms. The van der Waals surface area contributed by atoms with E-state index in [9.17, 15) is 0 Å². The lowest BCUT2D eigenvalue weighted by Gasteiger charge is -2.18. The molecule has 106 valence electrons. The van der Waals surface area contributed by atoms with E-state index in [1.807, 2.05) is 0 Å². The second-order valence-electron chi connectivity index (χ2n) is 5.18. The molecule has 4 N–H and O–H groups in total. The fraction of sp³-hybridized carbons (Fsp3) is 0.923. The minimum Gasteiger partial charge on any atom is -0.385 e.